The summed E-state index contributed by atoms with van der Waals surface area (Å²) in [6.45, 7) is 0. The highest BCUT2D eigenvalue weighted by Crippen LogP contribution is 2.30. The lowest BCUT2D eigenvalue weighted by Gasteiger charge is -2.08. The summed E-state index contributed by atoms with van der Waals surface area (Å²) in [5, 5.41) is 1.06. The lowest BCUT2D eigenvalue weighted by atomic mass is 10.1. The minimum Gasteiger partial charge on any atom is -0.281 e. The quantitative estimate of drug-likeness (QED) is 0.636. The molecule has 0 unspecified atom stereocenters. The van der Waals surface area contributed by atoms with Gasteiger partial charge in [0.1, 0.15) is 12.1 Å². The zero-order valence-corrected chi connectivity index (χ0v) is 13.2. The molecule has 0 radical (unpaired) electrons. The summed E-state index contributed by atoms with van der Waals surface area (Å²) < 4.78 is 2.75. The Morgan fingerprint density at radius 3 is 2.60 bits per heavy atom. The van der Waals surface area contributed by atoms with Crippen LogP contribution in [0.4, 0.5) is 0 Å². The van der Waals surface area contributed by atoms with Crippen LogP contribution in [0.15, 0.2) is 53.4 Å². The third-order valence-electron chi connectivity index (χ3n) is 2.78. The number of nitrogens with zero attached hydrogens (tertiary/aromatic N) is 3. The normalized spacial score (nSPS) is 10.8. The zero-order valence-electron chi connectivity index (χ0n) is 10.1. The van der Waals surface area contributed by atoms with Gasteiger partial charge in [0.2, 0.25) is 0 Å². The number of aromatic nitrogens is 3. The average Bonchev–Trinajstić information content (AvgIpc) is 2.81. The third-order valence-corrected chi connectivity index (χ3v) is 3.76. The lowest BCUT2D eigenvalue weighted by Crippen LogP contribution is -1.98. The lowest BCUT2D eigenvalue weighted by molar-refractivity contribution is 0.997. The summed E-state index contributed by atoms with van der Waals surface area (Å²) in [6.07, 6.45) is 3.37. The Morgan fingerprint density at radius 1 is 1.05 bits per heavy atom. The van der Waals surface area contributed by atoms with Gasteiger partial charge in [0.05, 0.1) is 5.69 Å². The number of benzene rings is 1. The molecule has 0 bridgehead atoms. The van der Waals surface area contributed by atoms with Gasteiger partial charge in [-0.15, -0.1) is 0 Å². The van der Waals surface area contributed by atoms with E-state index < -0.39 is 0 Å². The second-order valence-electron chi connectivity index (χ2n) is 4.10. The first-order chi connectivity index (χ1) is 9.65. The molecule has 20 heavy (non-hydrogen) atoms. The predicted octanol–water partition coefficient (Wildman–Crippen LogP) is 5.00. The van der Waals surface area contributed by atoms with Crippen LogP contribution in [-0.4, -0.2) is 14.5 Å². The molecule has 2 heterocycles. The van der Waals surface area contributed by atoms with Gasteiger partial charge in [0, 0.05) is 21.3 Å². The summed E-state index contributed by atoms with van der Waals surface area (Å²) in [7, 11) is 0. The molecule has 1 aromatic carbocycles. The first-order valence-corrected chi connectivity index (χ1v) is 7.31. The minimum absolute atomic E-state index is 0.414. The van der Waals surface area contributed by atoms with Crippen molar-refractivity contribution in [2.45, 2.75) is 0 Å². The first kappa shape index (κ1) is 13.6. The van der Waals surface area contributed by atoms with E-state index in [1.54, 1.807) is 12.5 Å². The van der Waals surface area contributed by atoms with Gasteiger partial charge in [-0.1, -0.05) is 35.3 Å². The van der Waals surface area contributed by atoms with Crippen molar-refractivity contribution in [3.8, 4) is 17.1 Å². The SMILES string of the molecule is Clc1cccc(-c2c(Cl)ncn2-c2ccc(Br)cn2)c1. The summed E-state index contributed by atoms with van der Waals surface area (Å²) in [5.41, 5.74) is 1.66. The maximum Gasteiger partial charge on any atom is 0.155 e. The summed E-state index contributed by atoms with van der Waals surface area (Å²) >= 11 is 15.6. The van der Waals surface area contributed by atoms with Crippen LogP contribution in [0.3, 0.4) is 0 Å². The van der Waals surface area contributed by atoms with Crippen molar-refractivity contribution in [1.82, 2.24) is 14.5 Å². The average molecular weight is 369 g/mol. The zero-order chi connectivity index (χ0) is 14.1. The Balaban J connectivity index is 2.17. The molecule has 0 saturated heterocycles. The minimum atomic E-state index is 0.414. The van der Waals surface area contributed by atoms with Gasteiger partial charge in [0.15, 0.2) is 5.15 Å². The molecule has 0 aliphatic heterocycles. The van der Waals surface area contributed by atoms with Gasteiger partial charge in [-0.05, 0) is 40.2 Å². The highest BCUT2D eigenvalue weighted by atomic mass is 79.9. The van der Waals surface area contributed by atoms with Crippen LogP contribution >= 0.6 is 39.1 Å². The standard InChI is InChI=1S/C14H8BrCl2N3/c15-10-4-5-12(18-7-10)20-8-19-14(17)13(20)9-2-1-3-11(16)6-9/h1-8H. The van der Waals surface area contributed by atoms with Crippen molar-refractivity contribution in [2.24, 2.45) is 0 Å². The summed E-state index contributed by atoms with van der Waals surface area (Å²) in [5.74, 6) is 0.738. The molecule has 0 aliphatic rings. The molecular weight excluding hydrogens is 361 g/mol. The summed E-state index contributed by atoms with van der Waals surface area (Å²) in [4.78, 5) is 8.51. The molecule has 0 saturated carbocycles. The maximum absolute atomic E-state index is 6.20. The molecule has 0 aliphatic carbocycles. The van der Waals surface area contributed by atoms with Crippen LogP contribution in [0.2, 0.25) is 10.2 Å². The Kier molecular flexibility index (Phi) is 3.78. The first-order valence-electron chi connectivity index (χ1n) is 5.76. The fourth-order valence-corrected chi connectivity index (χ4v) is 2.57. The van der Waals surface area contributed by atoms with Gasteiger partial charge in [0.25, 0.3) is 0 Å². The van der Waals surface area contributed by atoms with Crippen molar-refractivity contribution in [2.75, 3.05) is 0 Å². The van der Waals surface area contributed by atoms with Gasteiger partial charge in [-0.3, -0.25) is 4.57 Å². The van der Waals surface area contributed by atoms with Gasteiger partial charge in [-0.25, -0.2) is 9.97 Å². The molecule has 0 N–H and O–H groups in total. The summed E-state index contributed by atoms with van der Waals surface area (Å²) in [6, 6.07) is 11.3. The number of halogens is 3. The fourth-order valence-electron chi connectivity index (χ4n) is 1.90. The molecule has 0 atom stereocenters. The Bertz CT molecular complexity index is 753. The maximum atomic E-state index is 6.20. The van der Waals surface area contributed by atoms with E-state index in [1.807, 2.05) is 41.0 Å². The second kappa shape index (κ2) is 5.56. The Hall–Kier alpha value is -1.36. The van der Waals surface area contributed by atoms with Gasteiger partial charge < -0.3 is 0 Å². The van der Waals surface area contributed by atoms with Crippen LogP contribution in [0.1, 0.15) is 0 Å². The molecule has 0 fully saturated rings. The number of rotatable bonds is 2. The van der Waals surface area contributed by atoms with E-state index in [1.165, 1.54) is 0 Å². The molecule has 6 heteroatoms. The third kappa shape index (κ3) is 2.59. The van der Waals surface area contributed by atoms with Gasteiger partial charge >= 0.3 is 0 Å². The molecule has 3 aromatic rings. The van der Waals surface area contributed by atoms with E-state index >= 15 is 0 Å². The number of pyridine rings is 1. The van der Waals surface area contributed by atoms with E-state index in [2.05, 4.69) is 25.9 Å². The van der Waals surface area contributed by atoms with E-state index in [9.17, 15) is 0 Å². The van der Waals surface area contributed by atoms with E-state index in [0.717, 1.165) is 21.5 Å². The van der Waals surface area contributed by atoms with E-state index in [0.29, 0.717) is 10.2 Å². The van der Waals surface area contributed by atoms with E-state index in [-0.39, 0.29) is 0 Å². The molecule has 2 aromatic heterocycles. The largest absolute Gasteiger partial charge is 0.281 e. The fraction of sp³-hybridized carbons (Fsp3) is 0. The monoisotopic (exact) mass is 367 g/mol. The van der Waals surface area contributed by atoms with Crippen molar-refractivity contribution < 1.29 is 0 Å². The van der Waals surface area contributed by atoms with Crippen LogP contribution in [0.5, 0.6) is 0 Å². The highest BCUT2D eigenvalue weighted by molar-refractivity contribution is 9.10. The van der Waals surface area contributed by atoms with Crippen LogP contribution < -0.4 is 0 Å². The Labute approximate surface area is 134 Å². The molecule has 3 rings (SSSR count). The van der Waals surface area contributed by atoms with Crippen molar-refractivity contribution in [3.05, 3.63) is 63.6 Å². The Morgan fingerprint density at radius 2 is 1.90 bits per heavy atom. The smallest absolute Gasteiger partial charge is 0.155 e. The topological polar surface area (TPSA) is 30.7 Å². The predicted molar refractivity (Wildman–Crippen MR) is 84.5 cm³/mol. The van der Waals surface area contributed by atoms with Crippen molar-refractivity contribution >= 4 is 39.1 Å². The van der Waals surface area contributed by atoms with Crippen molar-refractivity contribution in [3.63, 3.8) is 0 Å². The molecule has 3 nitrogen and oxygen atoms in total. The molecule has 0 amide bonds. The van der Waals surface area contributed by atoms with E-state index in [4.69, 9.17) is 23.2 Å². The van der Waals surface area contributed by atoms with Crippen LogP contribution in [0.25, 0.3) is 17.1 Å². The van der Waals surface area contributed by atoms with Crippen LogP contribution in [0, 0.1) is 0 Å². The molecule has 100 valence electrons. The number of hydrogen-bond donors (Lipinski definition) is 0. The highest BCUT2D eigenvalue weighted by Gasteiger charge is 2.13. The second-order valence-corrected chi connectivity index (χ2v) is 5.81. The number of hydrogen-bond acceptors (Lipinski definition) is 2. The van der Waals surface area contributed by atoms with Crippen molar-refractivity contribution in [1.29, 1.82) is 0 Å². The van der Waals surface area contributed by atoms with Gasteiger partial charge in [-0.2, -0.15) is 0 Å². The molecular formula is C14H8BrCl2N3. The molecule has 0 spiro atoms. The number of imidazole rings is 1. The van der Waals surface area contributed by atoms with Crippen LogP contribution in [-0.2, 0) is 0 Å².